The summed E-state index contributed by atoms with van der Waals surface area (Å²) in [7, 11) is -0.736. The van der Waals surface area contributed by atoms with E-state index in [0.29, 0.717) is 18.3 Å². The van der Waals surface area contributed by atoms with Crippen molar-refractivity contribution in [3.63, 3.8) is 0 Å². The van der Waals surface area contributed by atoms with Gasteiger partial charge in [-0.2, -0.15) is 13.2 Å². The molecule has 3 saturated carbocycles. The maximum absolute atomic E-state index is 14.3. The number of benzene rings is 2. The Bertz CT molecular complexity index is 2100. The maximum Gasteiger partial charge on any atom is 0.481 e. The molecule has 3 aromatic rings. The molecule has 5 aliphatic rings. The van der Waals surface area contributed by atoms with Crippen LogP contribution in [0.5, 0.6) is 0 Å². The number of aromatic nitrogens is 2. The summed E-state index contributed by atoms with van der Waals surface area (Å²) in [6, 6.07) is 8.52. The van der Waals surface area contributed by atoms with Crippen molar-refractivity contribution in [2.24, 2.45) is 17.3 Å². The number of halogens is 3. The lowest BCUT2D eigenvalue weighted by Crippen LogP contribution is -2.63. The number of fused-ring (bicyclic) bond motifs is 1. The molecule has 2 unspecified atom stereocenters. The van der Waals surface area contributed by atoms with E-state index in [2.05, 4.69) is 47.0 Å². The topological polar surface area (TPSA) is 173 Å². The van der Waals surface area contributed by atoms with Crippen molar-refractivity contribution in [2.75, 3.05) is 10.6 Å². The number of rotatable bonds is 10. The zero-order valence-corrected chi connectivity index (χ0v) is 31.1. The number of carboxylic acids is 1. The zero-order valence-electron chi connectivity index (χ0n) is 31.1. The highest BCUT2D eigenvalue weighted by molar-refractivity contribution is 6.47. The van der Waals surface area contributed by atoms with Crippen LogP contribution >= 0.6 is 0 Å². The highest BCUT2D eigenvalue weighted by Gasteiger charge is 2.67. The van der Waals surface area contributed by atoms with Crippen LogP contribution in [0.25, 0.3) is 0 Å². The molecule has 8 rings (SSSR count). The molecule has 3 amide bonds. The van der Waals surface area contributed by atoms with Gasteiger partial charge in [-0.1, -0.05) is 45.0 Å². The predicted molar refractivity (Wildman–Crippen MR) is 196 cm³/mol. The van der Waals surface area contributed by atoms with E-state index in [-0.39, 0.29) is 52.8 Å². The van der Waals surface area contributed by atoms with E-state index in [1.165, 1.54) is 41.1 Å². The lowest BCUT2D eigenvalue weighted by molar-refractivity contribution is -0.185. The second-order valence-electron chi connectivity index (χ2n) is 16.1. The van der Waals surface area contributed by atoms with Crippen molar-refractivity contribution in [3.8, 4) is 0 Å². The summed E-state index contributed by atoms with van der Waals surface area (Å²) in [4.78, 5) is 58.2. The van der Waals surface area contributed by atoms with E-state index in [0.717, 1.165) is 25.0 Å². The second-order valence-corrected chi connectivity index (χ2v) is 16.1. The lowest BCUT2D eigenvalue weighted by Gasteiger charge is -2.63. The predicted octanol–water partition coefficient (Wildman–Crippen LogP) is 5.72. The third kappa shape index (κ3) is 6.85. The standard InChI is InChI=1S/C38H44BF3N6O7/c1-6-28(39-54-29-24-15-22(35(24,2)3)16-37(29,5)55-39)46-30(49)27-17-36(4,47-34(53)45-25-13-8-7-12-23(25)32(51)52)33-44-19-26(31(50)48(27)33)43-18-20-10-9-11-21(14-20)38(40,41)42/h7-14,19,22,24,27-29,43H,6,15-18H2,1-5H3,(H,46,49)(H,51,52)(H2,45,47,53)/t22?,24?,27-,28-,29+,36+,37-/m0/s1. The Labute approximate surface area is 315 Å². The van der Waals surface area contributed by atoms with Crippen molar-refractivity contribution in [3.05, 3.63) is 87.6 Å². The number of carboxylic acid groups (broad SMARTS) is 1. The van der Waals surface area contributed by atoms with Gasteiger partial charge in [-0.05, 0) is 80.2 Å². The first kappa shape index (κ1) is 38.4. The van der Waals surface area contributed by atoms with Crippen LogP contribution in [-0.4, -0.2) is 57.3 Å². The fraction of sp³-hybridized carbons (Fsp3) is 0.500. The van der Waals surface area contributed by atoms with Crippen LogP contribution in [0, 0.1) is 17.3 Å². The van der Waals surface area contributed by atoms with Crippen LogP contribution < -0.4 is 26.8 Å². The minimum Gasteiger partial charge on any atom is -0.478 e. The molecular formula is C38H44BF3N6O7. The molecule has 13 nitrogen and oxygen atoms in total. The van der Waals surface area contributed by atoms with Crippen LogP contribution in [0.3, 0.4) is 0 Å². The van der Waals surface area contributed by atoms with E-state index in [1.807, 2.05) is 6.92 Å². The summed E-state index contributed by atoms with van der Waals surface area (Å²) >= 11 is 0. The molecule has 1 saturated heterocycles. The first-order valence-corrected chi connectivity index (χ1v) is 18.4. The molecular weight excluding hydrogens is 720 g/mol. The van der Waals surface area contributed by atoms with Gasteiger partial charge >= 0.3 is 25.3 Å². The van der Waals surface area contributed by atoms with Gasteiger partial charge in [-0.25, -0.2) is 14.6 Å². The molecule has 5 N–H and O–H groups in total. The third-order valence-electron chi connectivity index (χ3n) is 12.2. The van der Waals surface area contributed by atoms with Gasteiger partial charge in [-0.3, -0.25) is 14.2 Å². The van der Waals surface area contributed by atoms with E-state index in [1.54, 1.807) is 13.0 Å². The Morgan fingerprint density at radius 3 is 2.51 bits per heavy atom. The van der Waals surface area contributed by atoms with Gasteiger partial charge in [0.15, 0.2) is 0 Å². The van der Waals surface area contributed by atoms with Gasteiger partial charge in [0, 0.05) is 13.0 Å². The molecule has 1 aromatic heterocycles. The summed E-state index contributed by atoms with van der Waals surface area (Å²) in [5, 5.41) is 20.9. The lowest BCUT2D eigenvalue weighted by atomic mass is 9.45. The molecule has 3 aliphatic carbocycles. The fourth-order valence-corrected chi connectivity index (χ4v) is 8.97. The molecule has 2 aliphatic heterocycles. The number of carbonyl (C=O) groups excluding carboxylic acids is 2. The number of urea groups is 1. The van der Waals surface area contributed by atoms with Crippen LogP contribution in [0.4, 0.5) is 29.3 Å². The molecule has 7 atom stereocenters. The van der Waals surface area contributed by atoms with Crippen molar-refractivity contribution in [1.29, 1.82) is 0 Å². The zero-order chi connectivity index (χ0) is 39.7. The normalized spacial score (nSPS) is 28.0. The molecule has 2 bridgehead atoms. The molecule has 292 valence electrons. The average Bonchev–Trinajstić information content (AvgIpc) is 3.64. The molecule has 2 aromatic carbocycles. The van der Waals surface area contributed by atoms with Gasteiger partial charge in [-0.15, -0.1) is 0 Å². The van der Waals surface area contributed by atoms with Crippen molar-refractivity contribution in [2.45, 2.75) is 102 Å². The summed E-state index contributed by atoms with van der Waals surface area (Å²) < 4.78 is 54.4. The fourth-order valence-electron chi connectivity index (χ4n) is 8.97. The van der Waals surface area contributed by atoms with Crippen LogP contribution in [0.15, 0.2) is 59.5 Å². The Kier molecular flexibility index (Phi) is 9.55. The van der Waals surface area contributed by atoms with E-state index >= 15 is 0 Å². The van der Waals surface area contributed by atoms with Crippen molar-refractivity contribution in [1.82, 2.24) is 20.2 Å². The first-order chi connectivity index (χ1) is 25.8. The summed E-state index contributed by atoms with van der Waals surface area (Å²) in [6.07, 6.45) is -1.24. The van der Waals surface area contributed by atoms with Gasteiger partial charge in [0.2, 0.25) is 5.91 Å². The number of amides is 3. The SMILES string of the molecule is CC[C@H](NC(=O)[C@@H]1C[C@@](C)(NC(=O)Nc2ccccc2C(=O)O)c2ncc(NCc3cccc(C(F)(F)F)c3)c(=O)n21)B1O[C@@H]2C3CC(C[C@]2(C)O1)C3(C)C. The van der Waals surface area contributed by atoms with Gasteiger partial charge in [0.1, 0.15) is 17.6 Å². The minimum absolute atomic E-state index is 0.0281. The Hall–Kier alpha value is -4.90. The molecule has 3 heterocycles. The number of para-hydroxylation sites is 1. The van der Waals surface area contributed by atoms with Crippen LogP contribution in [-0.2, 0) is 32.4 Å². The number of anilines is 2. The third-order valence-corrected chi connectivity index (χ3v) is 12.2. The summed E-state index contributed by atoms with van der Waals surface area (Å²) in [6.45, 7) is 9.90. The van der Waals surface area contributed by atoms with Gasteiger partial charge in [0.05, 0.1) is 46.2 Å². The van der Waals surface area contributed by atoms with Crippen LogP contribution in [0.1, 0.15) is 93.7 Å². The minimum atomic E-state index is -4.55. The Balaban J connectivity index is 1.16. The quantitative estimate of drug-likeness (QED) is 0.162. The average molecular weight is 765 g/mol. The highest BCUT2D eigenvalue weighted by atomic mass is 19.4. The van der Waals surface area contributed by atoms with Gasteiger partial charge < -0.3 is 35.7 Å². The molecule has 4 fully saturated rings. The first-order valence-electron chi connectivity index (χ1n) is 18.4. The molecule has 55 heavy (non-hydrogen) atoms. The number of nitrogens with one attached hydrogen (secondary N) is 4. The molecule has 0 radical (unpaired) electrons. The largest absolute Gasteiger partial charge is 0.481 e. The Morgan fingerprint density at radius 1 is 1.07 bits per heavy atom. The monoisotopic (exact) mass is 764 g/mol. The highest BCUT2D eigenvalue weighted by Crippen LogP contribution is 2.64. The smallest absolute Gasteiger partial charge is 0.478 e. The maximum atomic E-state index is 14.3. The number of hydrogen-bond acceptors (Lipinski definition) is 8. The van der Waals surface area contributed by atoms with Crippen molar-refractivity contribution >= 4 is 36.4 Å². The number of nitrogens with zero attached hydrogens (tertiary/aromatic N) is 2. The molecule has 17 heteroatoms. The van der Waals surface area contributed by atoms with Crippen LogP contribution in [0.2, 0.25) is 0 Å². The number of carbonyl (C=O) groups is 3. The summed E-state index contributed by atoms with van der Waals surface area (Å²) in [5.74, 6) is -1.50. The molecule has 0 spiro atoms. The van der Waals surface area contributed by atoms with E-state index in [9.17, 15) is 37.5 Å². The second kappa shape index (κ2) is 13.7. The number of hydrogen-bond donors (Lipinski definition) is 5. The number of aromatic carboxylic acids is 1. The summed E-state index contributed by atoms with van der Waals surface area (Å²) in [5.41, 5.74) is -3.24. The Morgan fingerprint density at radius 2 is 1.82 bits per heavy atom. The number of alkyl halides is 3. The van der Waals surface area contributed by atoms with Gasteiger partial charge in [0.25, 0.3) is 5.56 Å². The van der Waals surface area contributed by atoms with E-state index < -0.39 is 65.4 Å². The van der Waals surface area contributed by atoms with Crippen molar-refractivity contribution < 1.29 is 42.0 Å². The van der Waals surface area contributed by atoms with E-state index in [4.69, 9.17) is 9.31 Å².